The molecule has 2 aromatic carbocycles. The number of aryl methyl sites for hydroxylation is 1. The zero-order valence-corrected chi connectivity index (χ0v) is 19.6. The molecule has 0 saturated carbocycles. The molecular formula is C25H33N3O3S. The Kier molecular flexibility index (Phi) is 7.16. The van der Waals surface area contributed by atoms with Crippen LogP contribution in [0.5, 0.6) is 0 Å². The minimum Gasteiger partial charge on any atom is -0.370 e. The zero-order chi connectivity index (χ0) is 22.6. The van der Waals surface area contributed by atoms with Crippen molar-refractivity contribution in [1.29, 1.82) is 0 Å². The number of rotatable bonds is 8. The molecule has 0 aromatic heterocycles. The molecule has 1 saturated heterocycles. The number of carbonyl (C=O) groups is 1. The molecule has 172 valence electrons. The number of sulfonamides is 1. The molecule has 6 nitrogen and oxygen atoms in total. The van der Waals surface area contributed by atoms with E-state index in [1.54, 1.807) is 6.07 Å². The van der Waals surface area contributed by atoms with E-state index in [1.807, 2.05) is 37.3 Å². The van der Waals surface area contributed by atoms with E-state index in [1.165, 1.54) is 5.56 Å². The normalized spacial score (nSPS) is 18.4. The number of nitrogens with one attached hydrogen (secondary N) is 2. The third-order valence-electron chi connectivity index (χ3n) is 6.40. The van der Waals surface area contributed by atoms with Crippen molar-refractivity contribution in [2.45, 2.75) is 69.2 Å². The van der Waals surface area contributed by atoms with Gasteiger partial charge in [-0.1, -0.05) is 37.6 Å². The van der Waals surface area contributed by atoms with Crippen molar-refractivity contribution < 1.29 is 13.2 Å². The number of fused-ring (bicyclic) bond motifs is 1. The van der Waals surface area contributed by atoms with E-state index >= 15 is 0 Å². The SMILES string of the molecule is CCCCC(=O)Nc1ccc(N2CCCC2)c(S(=O)(=O)N[C@H]2CCCc3ccccc32)c1. The molecule has 0 radical (unpaired) electrons. The van der Waals surface area contributed by atoms with Crippen molar-refractivity contribution in [1.82, 2.24) is 4.72 Å². The van der Waals surface area contributed by atoms with Gasteiger partial charge < -0.3 is 10.2 Å². The number of carbonyl (C=O) groups excluding carboxylic acids is 1. The maximum Gasteiger partial charge on any atom is 0.243 e. The van der Waals surface area contributed by atoms with Crippen molar-refractivity contribution in [3.63, 3.8) is 0 Å². The van der Waals surface area contributed by atoms with Gasteiger partial charge >= 0.3 is 0 Å². The Morgan fingerprint density at radius 2 is 1.88 bits per heavy atom. The Labute approximate surface area is 191 Å². The molecule has 1 amide bonds. The topological polar surface area (TPSA) is 78.5 Å². The maximum atomic E-state index is 13.6. The Hall–Kier alpha value is -2.38. The first-order chi connectivity index (χ1) is 15.5. The van der Waals surface area contributed by atoms with Crippen LogP contribution in [0.3, 0.4) is 0 Å². The summed E-state index contributed by atoms with van der Waals surface area (Å²) in [6.45, 7) is 3.73. The Bertz CT molecular complexity index is 1060. The van der Waals surface area contributed by atoms with E-state index in [2.05, 4.69) is 21.0 Å². The molecule has 7 heteroatoms. The van der Waals surface area contributed by atoms with Gasteiger partial charge in [-0.15, -0.1) is 0 Å². The Morgan fingerprint density at radius 3 is 2.66 bits per heavy atom. The molecule has 0 unspecified atom stereocenters. The van der Waals surface area contributed by atoms with Crippen LogP contribution >= 0.6 is 0 Å². The Balaban J connectivity index is 1.64. The maximum absolute atomic E-state index is 13.6. The van der Waals surface area contributed by atoms with Gasteiger partial charge in [-0.3, -0.25) is 4.79 Å². The number of hydrogen-bond donors (Lipinski definition) is 2. The van der Waals surface area contributed by atoms with Crippen molar-refractivity contribution in [3.8, 4) is 0 Å². The minimum atomic E-state index is -3.79. The molecule has 2 aliphatic rings. The smallest absolute Gasteiger partial charge is 0.243 e. The largest absolute Gasteiger partial charge is 0.370 e. The monoisotopic (exact) mass is 455 g/mol. The first kappa shape index (κ1) is 22.8. The van der Waals surface area contributed by atoms with Crippen LogP contribution in [0.1, 0.15) is 69.0 Å². The van der Waals surface area contributed by atoms with Gasteiger partial charge in [0.2, 0.25) is 15.9 Å². The molecule has 32 heavy (non-hydrogen) atoms. The van der Waals surface area contributed by atoms with Gasteiger partial charge in [0.25, 0.3) is 0 Å². The molecule has 2 aromatic rings. The molecule has 1 heterocycles. The van der Waals surface area contributed by atoms with Gasteiger partial charge in [0.05, 0.1) is 5.69 Å². The van der Waals surface area contributed by atoms with Crippen LogP contribution < -0.4 is 14.9 Å². The predicted molar refractivity (Wildman–Crippen MR) is 128 cm³/mol. The van der Waals surface area contributed by atoms with E-state index < -0.39 is 10.0 Å². The number of unbranched alkanes of at least 4 members (excludes halogenated alkanes) is 1. The molecule has 1 atom stereocenters. The highest BCUT2D eigenvalue weighted by molar-refractivity contribution is 7.89. The average Bonchev–Trinajstić information content (AvgIpc) is 3.32. The zero-order valence-electron chi connectivity index (χ0n) is 18.8. The molecule has 0 bridgehead atoms. The van der Waals surface area contributed by atoms with E-state index in [0.717, 1.165) is 63.6 Å². The third kappa shape index (κ3) is 5.15. The van der Waals surface area contributed by atoms with Crippen molar-refractivity contribution in [2.75, 3.05) is 23.3 Å². The molecule has 4 rings (SSSR count). The third-order valence-corrected chi connectivity index (χ3v) is 7.90. The number of hydrogen-bond acceptors (Lipinski definition) is 4. The minimum absolute atomic E-state index is 0.0849. The lowest BCUT2D eigenvalue weighted by atomic mass is 9.88. The van der Waals surface area contributed by atoms with Crippen LogP contribution in [-0.4, -0.2) is 27.4 Å². The molecule has 2 N–H and O–H groups in total. The van der Waals surface area contributed by atoms with Crippen LogP contribution in [-0.2, 0) is 21.2 Å². The summed E-state index contributed by atoms with van der Waals surface area (Å²) in [6, 6.07) is 13.1. The first-order valence-electron chi connectivity index (χ1n) is 11.8. The van der Waals surface area contributed by atoms with Crippen LogP contribution in [0.2, 0.25) is 0 Å². The number of nitrogens with zero attached hydrogens (tertiary/aromatic N) is 1. The van der Waals surface area contributed by atoms with E-state index in [0.29, 0.717) is 17.8 Å². The highest BCUT2D eigenvalue weighted by Gasteiger charge is 2.29. The van der Waals surface area contributed by atoms with Gasteiger partial charge in [0.15, 0.2) is 0 Å². The average molecular weight is 456 g/mol. The summed E-state index contributed by atoms with van der Waals surface area (Å²) < 4.78 is 30.3. The van der Waals surface area contributed by atoms with E-state index in [4.69, 9.17) is 0 Å². The van der Waals surface area contributed by atoms with Crippen molar-refractivity contribution in [2.24, 2.45) is 0 Å². The highest BCUT2D eigenvalue weighted by atomic mass is 32.2. The number of anilines is 2. The summed E-state index contributed by atoms with van der Waals surface area (Å²) in [5.41, 5.74) is 3.52. The van der Waals surface area contributed by atoms with Crippen molar-refractivity contribution in [3.05, 3.63) is 53.6 Å². The van der Waals surface area contributed by atoms with Crippen LogP contribution in [0.4, 0.5) is 11.4 Å². The van der Waals surface area contributed by atoms with Gasteiger partial charge in [0.1, 0.15) is 4.90 Å². The second-order valence-corrected chi connectivity index (χ2v) is 10.5. The van der Waals surface area contributed by atoms with E-state index in [-0.39, 0.29) is 16.8 Å². The summed E-state index contributed by atoms with van der Waals surface area (Å²) in [5, 5.41) is 2.88. The van der Waals surface area contributed by atoms with Gasteiger partial charge in [-0.25, -0.2) is 13.1 Å². The second-order valence-electron chi connectivity index (χ2n) is 8.79. The fourth-order valence-electron chi connectivity index (χ4n) is 4.71. The summed E-state index contributed by atoms with van der Waals surface area (Å²) in [7, 11) is -3.79. The van der Waals surface area contributed by atoms with Crippen LogP contribution in [0.25, 0.3) is 0 Å². The van der Waals surface area contributed by atoms with Gasteiger partial charge in [-0.05, 0) is 67.9 Å². The fourth-order valence-corrected chi connectivity index (χ4v) is 6.22. The first-order valence-corrected chi connectivity index (χ1v) is 13.3. The molecule has 0 spiro atoms. The quantitative estimate of drug-likeness (QED) is 0.601. The van der Waals surface area contributed by atoms with E-state index in [9.17, 15) is 13.2 Å². The molecule has 1 aliphatic carbocycles. The van der Waals surface area contributed by atoms with Gasteiger partial charge in [-0.2, -0.15) is 0 Å². The Morgan fingerprint density at radius 1 is 1.09 bits per heavy atom. The number of benzene rings is 2. The molecule has 1 aliphatic heterocycles. The highest BCUT2D eigenvalue weighted by Crippen LogP contribution is 2.35. The number of amides is 1. The lowest BCUT2D eigenvalue weighted by molar-refractivity contribution is -0.116. The van der Waals surface area contributed by atoms with Crippen molar-refractivity contribution >= 4 is 27.3 Å². The second kappa shape index (κ2) is 10.0. The lowest BCUT2D eigenvalue weighted by Gasteiger charge is -2.28. The summed E-state index contributed by atoms with van der Waals surface area (Å²) >= 11 is 0. The lowest BCUT2D eigenvalue weighted by Crippen LogP contribution is -2.32. The van der Waals surface area contributed by atoms with Crippen LogP contribution in [0, 0.1) is 0 Å². The fraction of sp³-hybridized carbons (Fsp3) is 0.480. The summed E-state index contributed by atoms with van der Waals surface area (Å²) in [6.07, 6.45) is 7.01. The van der Waals surface area contributed by atoms with Gasteiger partial charge in [0, 0.05) is 31.2 Å². The summed E-state index contributed by atoms with van der Waals surface area (Å²) in [4.78, 5) is 14.6. The standard InChI is InChI=1S/C25H33N3O3S/c1-2-3-13-25(29)26-20-14-15-23(28-16-6-7-17-28)24(18-20)32(30,31)27-22-12-8-10-19-9-4-5-11-21(19)22/h4-5,9,11,14-15,18,22,27H,2-3,6-8,10,12-13,16-17H2,1H3,(H,26,29)/t22-/m0/s1. The predicted octanol–water partition coefficient (Wildman–Crippen LogP) is 4.77. The summed E-state index contributed by atoms with van der Waals surface area (Å²) in [5.74, 6) is -0.0849. The molecular weight excluding hydrogens is 422 g/mol. The van der Waals surface area contributed by atoms with Crippen LogP contribution in [0.15, 0.2) is 47.4 Å². The molecule has 1 fully saturated rings.